The average Bonchev–Trinajstić information content (AvgIpc) is 3.62. The number of carboxylic acids is 3. The summed E-state index contributed by atoms with van der Waals surface area (Å²) in [6.45, 7) is 4.02. The molecule has 1 aromatic heterocycles. The second-order valence-corrected chi connectivity index (χ2v) is 12.7. The van der Waals surface area contributed by atoms with Crippen molar-refractivity contribution in [3.63, 3.8) is 0 Å². The Morgan fingerprint density at radius 1 is 0.860 bits per heavy atom. The first-order chi connectivity index (χ1) is 24.0. The number of aromatic nitrogens is 1. The molecule has 1 fully saturated rings. The number of piperidine rings is 1. The van der Waals surface area contributed by atoms with E-state index in [1.54, 1.807) is 24.3 Å². The first-order valence-electron chi connectivity index (χ1n) is 17.2. The Hall–Kier alpha value is -4.91. The molecule has 0 radical (unpaired) electrons. The minimum absolute atomic E-state index is 0.162. The van der Waals surface area contributed by atoms with Gasteiger partial charge in [0.25, 0.3) is 11.8 Å². The quantitative estimate of drug-likeness (QED) is 0.0832. The number of benzene rings is 2. The molecule has 3 N–H and O–H groups in total. The highest BCUT2D eigenvalue weighted by molar-refractivity contribution is 6.21. The van der Waals surface area contributed by atoms with Gasteiger partial charge in [0.05, 0.1) is 17.0 Å². The van der Waals surface area contributed by atoms with E-state index in [4.69, 9.17) is 14.7 Å². The molecule has 0 spiro atoms. The number of unbranched alkanes of at least 4 members (excludes halogenated alkanes) is 5. The third kappa shape index (κ3) is 9.84. The summed E-state index contributed by atoms with van der Waals surface area (Å²) >= 11 is 0. The van der Waals surface area contributed by atoms with E-state index in [2.05, 4.69) is 17.0 Å². The summed E-state index contributed by atoms with van der Waals surface area (Å²) in [4.78, 5) is 62.0. The predicted molar refractivity (Wildman–Crippen MR) is 182 cm³/mol. The van der Waals surface area contributed by atoms with Crippen LogP contribution in [-0.4, -0.2) is 85.7 Å². The van der Waals surface area contributed by atoms with Crippen LogP contribution in [0, 0.1) is 11.7 Å². The Morgan fingerprint density at radius 2 is 1.52 bits per heavy atom. The Labute approximate surface area is 289 Å². The van der Waals surface area contributed by atoms with Crippen LogP contribution in [0.4, 0.5) is 4.39 Å². The zero-order valence-corrected chi connectivity index (χ0v) is 28.2. The van der Waals surface area contributed by atoms with Crippen LogP contribution in [0.5, 0.6) is 0 Å². The number of halogens is 1. The second kappa shape index (κ2) is 18.2. The highest BCUT2D eigenvalue weighted by atomic mass is 19.1. The normalized spacial score (nSPS) is 15.9. The fourth-order valence-electron chi connectivity index (χ4n) is 6.68. The highest BCUT2D eigenvalue weighted by Crippen LogP contribution is 2.33. The van der Waals surface area contributed by atoms with Gasteiger partial charge >= 0.3 is 17.9 Å². The van der Waals surface area contributed by atoms with Crippen molar-refractivity contribution in [2.24, 2.45) is 5.92 Å². The van der Waals surface area contributed by atoms with Crippen LogP contribution >= 0.6 is 0 Å². The topological polar surface area (TPSA) is 179 Å². The number of hydrogen-bond acceptors (Lipinski definition) is 8. The number of rotatable bonds is 16. The van der Waals surface area contributed by atoms with E-state index in [-0.39, 0.29) is 24.1 Å². The van der Waals surface area contributed by atoms with Crippen molar-refractivity contribution in [1.29, 1.82) is 0 Å². The molecule has 2 aromatic carbocycles. The largest absolute Gasteiger partial charge is 0.481 e. The molecule has 5 rings (SSSR count). The number of carbonyl (C=O) groups excluding carboxylic acids is 2. The van der Waals surface area contributed by atoms with Gasteiger partial charge in [-0.1, -0.05) is 63.1 Å². The molecule has 12 nitrogen and oxygen atoms in total. The highest BCUT2D eigenvalue weighted by Gasteiger charge is 2.39. The molecule has 268 valence electrons. The SMILES string of the molecule is CCCCCCCCC(C(=O)O)C(CCN1C(=O)c2ccc(-c3noc4cc(F)ccc34)cc2C1=O)N1CCCCC1.O=C(O)C=CC(=O)O. The summed E-state index contributed by atoms with van der Waals surface area (Å²) in [6, 6.07) is 8.89. The Bertz CT molecular complexity index is 1700. The molecule has 2 amide bonds. The first-order valence-corrected chi connectivity index (χ1v) is 17.2. The summed E-state index contributed by atoms with van der Waals surface area (Å²) in [5.74, 6) is -5.05. The van der Waals surface area contributed by atoms with Gasteiger partial charge in [0.2, 0.25) is 0 Å². The summed E-state index contributed by atoms with van der Waals surface area (Å²) in [5.41, 5.74) is 1.96. The maximum atomic E-state index is 13.6. The van der Waals surface area contributed by atoms with E-state index in [0.717, 1.165) is 51.6 Å². The summed E-state index contributed by atoms with van der Waals surface area (Å²) in [6.07, 6.45) is 11.9. The van der Waals surface area contributed by atoms with Crippen molar-refractivity contribution < 1.29 is 48.2 Å². The molecule has 0 saturated carbocycles. The zero-order chi connectivity index (χ0) is 36.2. The van der Waals surface area contributed by atoms with Gasteiger partial charge in [0.15, 0.2) is 5.58 Å². The molecule has 1 saturated heterocycles. The molecule has 2 aliphatic rings. The molecule has 2 aliphatic heterocycles. The fourth-order valence-corrected chi connectivity index (χ4v) is 6.68. The number of amides is 2. The lowest BCUT2D eigenvalue weighted by Gasteiger charge is -2.38. The maximum absolute atomic E-state index is 13.6. The lowest BCUT2D eigenvalue weighted by atomic mass is 9.88. The van der Waals surface area contributed by atoms with Gasteiger partial charge in [-0.05, 0) is 63.0 Å². The molecule has 2 atom stereocenters. The van der Waals surface area contributed by atoms with Crippen LogP contribution in [-0.2, 0) is 14.4 Å². The molecule has 0 bridgehead atoms. The summed E-state index contributed by atoms with van der Waals surface area (Å²) in [5, 5.41) is 30.6. The van der Waals surface area contributed by atoms with Crippen LogP contribution < -0.4 is 0 Å². The van der Waals surface area contributed by atoms with Crippen molar-refractivity contribution in [3.8, 4) is 11.3 Å². The number of aliphatic carboxylic acids is 3. The summed E-state index contributed by atoms with van der Waals surface area (Å²) < 4.78 is 18.9. The molecule has 50 heavy (non-hydrogen) atoms. The van der Waals surface area contributed by atoms with E-state index in [9.17, 15) is 33.5 Å². The van der Waals surface area contributed by atoms with E-state index in [0.29, 0.717) is 52.8 Å². The lowest BCUT2D eigenvalue weighted by Crippen LogP contribution is -2.48. The van der Waals surface area contributed by atoms with Gasteiger partial charge in [0, 0.05) is 41.8 Å². The molecule has 2 unspecified atom stereocenters. The van der Waals surface area contributed by atoms with Gasteiger partial charge in [0.1, 0.15) is 11.5 Å². The third-order valence-corrected chi connectivity index (χ3v) is 9.21. The number of carboxylic acid groups (broad SMARTS) is 3. The Kier molecular flexibility index (Phi) is 13.8. The molecular formula is C37H44FN3O9. The smallest absolute Gasteiger partial charge is 0.328 e. The van der Waals surface area contributed by atoms with Gasteiger partial charge < -0.3 is 19.8 Å². The lowest BCUT2D eigenvalue weighted by molar-refractivity contribution is -0.145. The number of hydrogen-bond donors (Lipinski definition) is 3. The maximum Gasteiger partial charge on any atom is 0.328 e. The number of fused-ring (bicyclic) bond motifs is 2. The number of imide groups is 1. The third-order valence-electron chi connectivity index (χ3n) is 9.21. The van der Waals surface area contributed by atoms with E-state index in [1.807, 2.05) is 0 Å². The number of nitrogens with zero attached hydrogens (tertiary/aromatic N) is 3. The number of carbonyl (C=O) groups is 5. The summed E-state index contributed by atoms with van der Waals surface area (Å²) in [7, 11) is 0. The average molecular weight is 694 g/mol. The molecular weight excluding hydrogens is 649 g/mol. The van der Waals surface area contributed by atoms with Crippen LogP contribution in [0.15, 0.2) is 53.1 Å². The van der Waals surface area contributed by atoms with E-state index in [1.165, 1.54) is 36.3 Å². The van der Waals surface area contributed by atoms with Crippen molar-refractivity contribution in [2.45, 2.75) is 83.6 Å². The van der Waals surface area contributed by atoms with Crippen LogP contribution in [0.25, 0.3) is 22.2 Å². The molecule has 3 aromatic rings. The van der Waals surface area contributed by atoms with Crippen molar-refractivity contribution in [2.75, 3.05) is 19.6 Å². The predicted octanol–water partition coefficient (Wildman–Crippen LogP) is 6.64. The monoisotopic (exact) mass is 693 g/mol. The Balaban J connectivity index is 0.000000627. The van der Waals surface area contributed by atoms with Gasteiger partial charge in [-0.2, -0.15) is 0 Å². The van der Waals surface area contributed by atoms with Crippen LogP contribution in [0.2, 0.25) is 0 Å². The van der Waals surface area contributed by atoms with Gasteiger partial charge in [-0.25, -0.2) is 14.0 Å². The fraction of sp³-hybridized carbons (Fsp3) is 0.459. The minimum Gasteiger partial charge on any atom is -0.481 e. The Morgan fingerprint density at radius 3 is 2.18 bits per heavy atom. The molecule has 13 heteroatoms. The van der Waals surface area contributed by atoms with E-state index < -0.39 is 35.6 Å². The second-order valence-electron chi connectivity index (χ2n) is 12.7. The number of likely N-dealkylation sites (tertiary alicyclic amines) is 1. The molecule has 3 heterocycles. The van der Waals surface area contributed by atoms with E-state index >= 15 is 0 Å². The van der Waals surface area contributed by atoms with Crippen LogP contribution in [0.3, 0.4) is 0 Å². The van der Waals surface area contributed by atoms with Gasteiger partial charge in [-0.15, -0.1) is 0 Å². The van der Waals surface area contributed by atoms with Crippen LogP contribution in [0.1, 0.15) is 98.3 Å². The zero-order valence-electron chi connectivity index (χ0n) is 28.2. The van der Waals surface area contributed by atoms with Crippen molar-refractivity contribution in [3.05, 3.63) is 65.5 Å². The standard InChI is InChI=1S/C33H40FN3O5.C4H4O4/c1-2-3-4-5-6-8-11-25(33(40)41)28(36-17-9-7-10-18-36)16-19-37-31(38)24-14-12-22(20-27(24)32(37)39)30-26-15-13-23(34)21-29(26)42-35-30;5-3(6)1-2-4(7)8/h12-15,20-21,25,28H,2-11,16-19H2,1H3,(H,40,41);1-2H,(H,5,6)(H,7,8). The van der Waals surface area contributed by atoms with Crippen molar-refractivity contribution in [1.82, 2.24) is 15.0 Å². The van der Waals surface area contributed by atoms with Gasteiger partial charge in [-0.3, -0.25) is 24.2 Å². The first kappa shape index (κ1) is 37.9. The minimum atomic E-state index is -1.26. The molecule has 0 aliphatic carbocycles. The van der Waals surface area contributed by atoms with Crippen molar-refractivity contribution >= 4 is 40.7 Å².